The smallest absolute Gasteiger partial charge is 0.404 e. The fraction of sp³-hybridized carbons (Fsp3) is 0.500. The zero-order valence-electron chi connectivity index (χ0n) is 6.32. The highest BCUT2D eigenvalue weighted by Gasteiger charge is 1.76. The van der Waals surface area contributed by atoms with Crippen LogP contribution in [0.4, 0.5) is 4.79 Å². The van der Waals surface area contributed by atoms with Gasteiger partial charge >= 0.3 is 6.09 Å². The standard InChI is InChI=1S/C2H5NO2.2HNO3/c1-5-2(3)4;2*2-1(3)4/h1H3,(H2,3,4);2*(H,2,3,4). The van der Waals surface area contributed by atoms with E-state index in [2.05, 4.69) is 10.5 Å². The molecule has 0 saturated heterocycles. The van der Waals surface area contributed by atoms with E-state index in [4.69, 9.17) is 30.6 Å². The van der Waals surface area contributed by atoms with Gasteiger partial charge in [0, 0.05) is 0 Å². The van der Waals surface area contributed by atoms with Crippen LogP contribution in [0.2, 0.25) is 0 Å². The Morgan fingerprint density at radius 1 is 1.31 bits per heavy atom. The summed E-state index contributed by atoms with van der Waals surface area (Å²) in [5, 5.41) is 27.3. The van der Waals surface area contributed by atoms with Crippen molar-refractivity contribution in [1.29, 1.82) is 0 Å². The Balaban J connectivity index is -0.000000117. The third-order valence-corrected chi connectivity index (χ3v) is 0.201. The normalized spacial score (nSPS) is 6.23. The predicted octanol–water partition coefficient (Wildman–Crippen LogP) is -0.984. The first-order valence-electron chi connectivity index (χ1n) is 2.24. The van der Waals surface area contributed by atoms with Gasteiger partial charge in [0.25, 0.3) is 10.2 Å². The molecule has 0 radical (unpaired) electrons. The van der Waals surface area contributed by atoms with E-state index in [1.165, 1.54) is 7.11 Å². The summed E-state index contributed by atoms with van der Waals surface area (Å²) in [6.07, 6.45) is -0.745. The highest BCUT2D eigenvalue weighted by molar-refractivity contribution is 5.64. The van der Waals surface area contributed by atoms with Crippen molar-refractivity contribution in [3.8, 4) is 0 Å². The molecule has 0 aliphatic rings. The Morgan fingerprint density at radius 3 is 1.38 bits per heavy atom. The van der Waals surface area contributed by atoms with Crippen LogP contribution in [0.1, 0.15) is 0 Å². The second kappa shape index (κ2) is 12.4. The molecule has 78 valence electrons. The molecule has 0 rings (SSSR count). The summed E-state index contributed by atoms with van der Waals surface area (Å²) in [5.41, 5.74) is 4.43. The zero-order chi connectivity index (χ0) is 11.4. The number of amides is 1. The summed E-state index contributed by atoms with van der Waals surface area (Å²) in [4.78, 5) is 26.1. The van der Waals surface area contributed by atoms with Crippen molar-refractivity contribution >= 4 is 6.09 Å². The molecule has 4 N–H and O–H groups in total. The van der Waals surface area contributed by atoms with Crippen molar-refractivity contribution in [3.63, 3.8) is 0 Å². The van der Waals surface area contributed by atoms with Gasteiger partial charge in [0.05, 0.1) is 7.11 Å². The molecule has 11 heteroatoms. The molecule has 1 amide bonds. The molecule has 0 aliphatic carbocycles. The highest BCUT2D eigenvalue weighted by atomic mass is 16.9. The van der Waals surface area contributed by atoms with E-state index in [9.17, 15) is 4.79 Å². The van der Waals surface area contributed by atoms with Crippen molar-refractivity contribution in [2.24, 2.45) is 5.73 Å². The van der Waals surface area contributed by atoms with Crippen LogP contribution in [0.5, 0.6) is 0 Å². The van der Waals surface area contributed by atoms with E-state index >= 15 is 0 Å². The number of methoxy groups -OCH3 is 1. The molecular formula is C2H7N3O8. The lowest BCUT2D eigenvalue weighted by Gasteiger charge is -1.81. The second-order valence-electron chi connectivity index (χ2n) is 0.999. The molecular weight excluding hydrogens is 194 g/mol. The topological polar surface area (TPSA) is 179 Å². The van der Waals surface area contributed by atoms with Gasteiger partial charge in [-0.3, -0.25) is 0 Å². The van der Waals surface area contributed by atoms with Gasteiger partial charge in [-0.1, -0.05) is 0 Å². The van der Waals surface area contributed by atoms with Crippen LogP contribution in [0, 0.1) is 20.2 Å². The van der Waals surface area contributed by atoms with Crippen LogP contribution < -0.4 is 5.73 Å². The number of primary amides is 1. The van der Waals surface area contributed by atoms with Crippen LogP contribution in [-0.2, 0) is 4.74 Å². The molecule has 0 heterocycles. The molecule has 0 aromatic rings. The maximum Gasteiger partial charge on any atom is 0.404 e. The van der Waals surface area contributed by atoms with E-state index in [0.29, 0.717) is 0 Å². The van der Waals surface area contributed by atoms with Crippen LogP contribution in [-0.4, -0.2) is 33.8 Å². The molecule has 0 fully saturated rings. The third-order valence-electron chi connectivity index (χ3n) is 0.201. The number of hydrogen-bond donors (Lipinski definition) is 3. The highest BCUT2D eigenvalue weighted by Crippen LogP contribution is 1.55. The van der Waals surface area contributed by atoms with E-state index in [1.807, 2.05) is 0 Å². The lowest BCUT2D eigenvalue weighted by Crippen LogP contribution is -2.08. The first kappa shape index (κ1) is 17.0. The maximum atomic E-state index is 9.37. The Hall–Kier alpha value is -2.33. The van der Waals surface area contributed by atoms with Gasteiger partial charge in [0.1, 0.15) is 0 Å². The van der Waals surface area contributed by atoms with Gasteiger partial charge < -0.3 is 20.9 Å². The molecule has 0 aromatic carbocycles. The predicted molar refractivity (Wildman–Crippen MR) is 34.2 cm³/mol. The Morgan fingerprint density at radius 2 is 1.38 bits per heavy atom. The van der Waals surface area contributed by atoms with Crippen LogP contribution in [0.3, 0.4) is 0 Å². The van der Waals surface area contributed by atoms with Crippen molar-refractivity contribution in [2.45, 2.75) is 0 Å². The number of rotatable bonds is 0. The molecule has 0 unspecified atom stereocenters. The Bertz CT molecular complexity index is 147. The minimum Gasteiger partial charge on any atom is -0.453 e. The SMILES string of the molecule is COC(N)=O.O=[N+]([O-])O.O=[N+]([O-])O. The molecule has 0 spiro atoms. The summed E-state index contributed by atoms with van der Waals surface area (Å²) in [6.45, 7) is 0. The minimum atomic E-state index is -1.50. The maximum absolute atomic E-state index is 9.37. The van der Waals surface area contributed by atoms with Gasteiger partial charge in [-0.25, -0.2) is 4.79 Å². The average Bonchev–Trinajstić information content (AvgIpc) is 1.84. The largest absolute Gasteiger partial charge is 0.453 e. The quantitative estimate of drug-likeness (QED) is 0.330. The van der Waals surface area contributed by atoms with E-state index in [0.717, 1.165) is 0 Å². The summed E-state index contributed by atoms with van der Waals surface area (Å²) >= 11 is 0. The van der Waals surface area contributed by atoms with Gasteiger partial charge in [-0.2, -0.15) is 0 Å². The molecule has 0 bridgehead atoms. The molecule has 0 atom stereocenters. The first-order valence-corrected chi connectivity index (χ1v) is 2.24. The Kier molecular flexibility index (Phi) is 16.1. The average molecular weight is 201 g/mol. The summed E-state index contributed by atoms with van der Waals surface area (Å²) in [5.74, 6) is 0. The van der Waals surface area contributed by atoms with Gasteiger partial charge in [0.2, 0.25) is 0 Å². The number of nitrogens with zero attached hydrogens (tertiary/aromatic N) is 2. The molecule has 11 nitrogen and oxygen atoms in total. The number of hydrogen-bond acceptors (Lipinski definition) is 6. The number of carbonyl (C=O) groups excluding carboxylic acids is 1. The van der Waals surface area contributed by atoms with Crippen molar-refractivity contribution in [1.82, 2.24) is 0 Å². The number of ether oxygens (including phenoxy) is 1. The zero-order valence-corrected chi connectivity index (χ0v) is 6.32. The number of nitrogens with two attached hydrogens (primary N) is 1. The van der Waals surface area contributed by atoms with Gasteiger partial charge in [-0.15, -0.1) is 20.2 Å². The third kappa shape index (κ3) is 5220. The van der Waals surface area contributed by atoms with Gasteiger partial charge in [0.15, 0.2) is 0 Å². The fourth-order valence-corrected chi connectivity index (χ4v) is 0. The second-order valence-corrected chi connectivity index (χ2v) is 0.999. The van der Waals surface area contributed by atoms with E-state index in [1.54, 1.807) is 0 Å². The van der Waals surface area contributed by atoms with E-state index in [-0.39, 0.29) is 0 Å². The molecule has 0 aliphatic heterocycles. The Labute approximate surface area is 70.5 Å². The van der Waals surface area contributed by atoms with Crippen LogP contribution in [0.25, 0.3) is 0 Å². The summed E-state index contributed by atoms with van der Waals surface area (Å²) in [7, 11) is 1.22. The fourth-order valence-electron chi connectivity index (χ4n) is 0. The monoisotopic (exact) mass is 201 g/mol. The van der Waals surface area contributed by atoms with Crippen molar-refractivity contribution in [3.05, 3.63) is 20.2 Å². The minimum absolute atomic E-state index is 0.745. The van der Waals surface area contributed by atoms with E-state index < -0.39 is 16.3 Å². The lowest BCUT2D eigenvalue weighted by atomic mass is 11.3. The summed E-state index contributed by atoms with van der Waals surface area (Å²) < 4.78 is 3.89. The molecule has 13 heavy (non-hydrogen) atoms. The number of carbonyl (C=O) groups is 1. The van der Waals surface area contributed by atoms with Crippen molar-refractivity contribution < 1.29 is 30.1 Å². The van der Waals surface area contributed by atoms with Crippen molar-refractivity contribution in [2.75, 3.05) is 7.11 Å². The molecule has 0 aromatic heterocycles. The first-order chi connectivity index (χ1) is 5.73. The van der Waals surface area contributed by atoms with Gasteiger partial charge in [-0.05, 0) is 0 Å². The summed E-state index contributed by atoms with van der Waals surface area (Å²) in [6, 6.07) is 0. The lowest BCUT2D eigenvalue weighted by molar-refractivity contribution is -0.742. The van der Waals surface area contributed by atoms with Crippen LogP contribution >= 0.6 is 0 Å². The van der Waals surface area contributed by atoms with Crippen LogP contribution in [0.15, 0.2) is 0 Å². The molecule has 0 saturated carbocycles.